The summed E-state index contributed by atoms with van der Waals surface area (Å²) in [4.78, 5) is 12.9. The lowest BCUT2D eigenvalue weighted by atomic mass is 10.2. The van der Waals surface area contributed by atoms with Crippen LogP contribution in [-0.4, -0.2) is 30.8 Å². The van der Waals surface area contributed by atoms with Crippen molar-refractivity contribution in [1.29, 1.82) is 0 Å². The number of hydrogen-bond acceptors (Lipinski definition) is 6. The predicted octanol–water partition coefficient (Wildman–Crippen LogP) is 2.86. The first kappa shape index (κ1) is 14.0. The van der Waals surface area contributed by atoms with Gasteiger partial charge in [0, 0.05) is 13.6 Å². The summed E-state index contributed by atoms with van der Waals surface area (Å²) in [5.41, 5.74) is 6.80. The average Bonchev–Trinajstić information content (AvgIpc) is 2.85. The van der Waals surface area contributed by atoms with Crippen molar-refractivity contribution in [2.45, 2.75) is 5.16 Å². The van der Waals surface area contributed by atoms with Crippen LogP contribution in [0.2, 0.25) is 0 Å². The van der Waals surface area contributed by atoms with Gasteiger partial charge >= 0.3 is 0 Å². The van der Waals surface area contributed by atoms with Gasteiger partial charge in [-0.2, -0.15) is 19.5 Å². The molecule has 2 N–H and O–H groups in total. The van der Waals surface area contributed by atoms with Crippen LogP contribution in [-0.2, 0) is 0 Å². The minimum atomic E-state index is 0.281. The lowest BCUT2D eigenvalue weighted by Crippen LogP contribution is -2.04. The Morgan fingerprint density at radius 3 is 2.85 bits per heavy atom. The summed E-state index contributed by atoms with van der Waals surface area (Å²) in [5.74, 6) is 1.31. The quantitative estimate of drug-likeness (QED) is 0.465. The average molecular weight is 463 g/mol. The van der Waals surface area contributed by atoms with E-state index >= 15 is 0 Å². The van der Waals surface area contributed by atoms with Crippen molar-refractivity contribution in [2.75, 3.05) is 12.0 Å². The van der Waals surface area contributed by atoms with E-state index in [0.29, 0.717) is 16.8 Å². The molecule has 0 aliphatic rings. The molecule has 0 aliphatic heterocycles. The molecule has 2 heterocycles. The summed E-state index contributed by atoms with van der Waals surface area (Å²) in [6.07, 6.45) is 1.89. The number of hydrogen-bond donors (Lipinski definition) is 1. The zero-order chi connectivity index (χ0) is 14.3. The van der Waals surface area contributed by atoms with E-state index in [2.05, 4.69) is 58.6 Å². The smallest absolute Gasteiger partial charge is 0.258 e. The van der Waals surface area contributed by atoms with Crippen LogP contribution in [0.25, 0.3) is 17.2 Å². The number of anilines is 1. The molecule has 102 valence electrons. The van der Waals surface area contributed by atoms with Crippen LogP contribution >= 0.6 is 50.3 Å². The van der Waals surface area contributed by atoms with E-state index in [0.717, 1.165) is 13.6 Å². The van der Waals surface area contributed by atoms with Crippen LogP contribution in [0.15, 0.2) is 27.8 Å². The number of nitrogens with two attached hydrogens (primary N) is 1. The zero-order valence-corrected chi connectivity index (χ0v) is 14.8. The van der Waals surface area contributed by atoms with E-state index < -0.39 is 0 Å². The van der Waals surface area contributed by atoms with E-state index in [1.54, 1.807) is 0 Å². The van der Waals surface area contributed by atoms with E-state index in [1.807, 2.05) is 24.5 Å². The fourth-order valence-corrected chi connectivity index (χ4v) is 2.96. The SMILES string of the molecule is CSc1nc(N)n2nc(-c3cc(Br)ccc3I)nc2n1. The van der Waals surface area contributed by atoms with Crippen LogP contribution in [0.3, 0.4) is 0 Å². The molecular weight excluding hydrogens is 455 g/mol. The Hall–Kier alpha value is -0.940. The molecule has 1 aromatic carbocycles. The number of aromatic nitrogens is 5. The zero-order valence-electron chi connectivity index (χ0n) is 10.2. The number of thioether (sulfide) groups is 1. The van der Waals surface area contributed by atoms with Gasteiger partial charge in [-0.1, -0.05) is 27.7 Å². The maximum absolute atomic E-state index is 5.88. The minimum absolute atomic E-state index is 0.281. The Morgan fingerprint density at radius 2 is 2.10 bits per heavy atom. The van der Waals surface area contributed by atoms with E-state index in [9.17, 15) is 0 Å². The van der Waals surface area contributed by atoms with E-state index in [-0.39, 0.29) is 5.95 Å². The number of benzene rings is 1. The molecule has 3 rings (SSSR count). The Balaban J connectivity index is 2.22. The summed E-state index contributed by atoms with van der Waals surface area (Å²) in [7, 11) is 0. The molecule has 0 bridgehead atoms. The van der Waals surface area contributed by atoms with Gasteiger partial charge in [0.2, 0.25) is 5.95 Å². The molecule has 0 amide bonds. The number of nitrogens with zero attached hydrogens (tertiary/aromatic N) is 5. The van der Waals surface area contributed by atoms with Gasteiger partial charge in [0.25, 0.3) is 5.78 Å². The van der Waals surface area contributed by atoms with Crippen molar-refractivity contribution in [1.82, 2.24) is 24.6 Å². The summed E-state index contributed by atoms with van der Waals surface area (Å²) < 4.78 is 3.47. The van der Waals surface area contributed by atoms with E-state index in [1.165, 1.54) is 16.3 Å². The van der Waals surface area contributed by atoms with Crippen molar-refractivity contribution in [3.8, 4) is 11.4 Å². The van der Waals surface area contributed by atoms with Crippen molar-refractivity contribution >= 4 is 62.0 Å². The highest BCUT2D eigenvalue weighted by molar-refractivity contribution is 14.1. The highest BCUT2D eigenvalue weighted by Crippen LogP contribution is 2.26. The number of halogens is 2. The van der Waals surface area contributed by atoms with Crippen molar-refractivity contribution in [3.63, 3.8) is 0 Å². The van der Waals surface area contributed by atoms with Crippen LogP contribution in [0.4, 0.5) is 5.95 Å². The van der Waals surface area contributed by atoms with Crippen molar-refractivity contribution < 1.29 is 0 Å². The third-order valence-electron chi connectivity index (χ3n) is 2.56. The summed E-state index contributed by atoms with van der Waals surface area (Å²) >= 11 is 7.12. The van der Waals surface area contributed by atoms with Crippen LogP contribution in [0.5, 0.6) is 0 Å². The maximum atomic E-state index is 5.88. The van der Waals surface area contributed by atoms with Gasteiger partial charge < -0.3 is 5.73 Å². The van der Waals surface area contributed by atoms with Gasteiger partial charge in [-0.05, 0) is 47.0 Å². The maximum Gasteiger partial charge on any atom is 0.258 e. The highest BCUT2D eigenvalue weighted by Gasteiger charge is 2.14. The molecule has 0 spiro atoms. The van der Waals surface area contributed by atoms with Gasteiger partial charge in [-0.25, -0.2) is 0 Å². The van der Waals surface area contributed by atoms with Gasteiger partial charge in [0.15, 0.2) is 11.0 Å². The lowest BCUT2D eigenvalue weighted by molar-refractivity contribution is 0.851. The first-order valence-corrected chi connectivity index (χ1v) is 8.58. The number of rotatable bonds is 2. The fraction of sp³-hybridized carbons (Fsp3) is 0.0909. The third kappa shape index (κ3) is 2.49. The second-order valence-electron chi connectivity index (χ2n) is 3.84. The first-order valence-electron chi connectivity index (χ1n) is 5.48. The molecule has 0 fully saturated rings. The summed E-state index contributed by atoms with van der Waals surface area (Å²) in [6.45, 7) is 0. The normalized spacial score (nSPS) is 11.2. The Kier molecular flexibility index (Phi) is 3.82. The number of fused-ring (bicyclic) bond motifs is 1. The standard InChI is InChI=1S/C11H8BrIN6S/c1-20-11-16-9(14)19-10(17-11)15-8(18-19)6-4-5(12)2-3-7(6)13/h2-4H,1H3,(H2,14,15,16,17,18). The van der Waals surface area contributed by atoms with Gasteiger partial charge in [0.1, 0.15) is 0 Å². The molecule has 3 aromatic rings. The third-order valence-corrected chi connectivity index (χ3v) is 4.55. The molecule has 0 unspecified atom stereocenters. The van der Waals surface area contributed by atoms with Crippen LogP contribution in [0.1, 0.15) is 0 Å². The molecule has 0 atom stereocenters. The Labute approximate surface area is 140 Å². The van der Waals surface area contributed by atoms with Gasteiger partial charge in [-0.3, -0.25) is 0 Å². The molecule has 0 radical (unpaired) electrons. The minimum Gasteiger partial charge on any atom is -0.368 e. The van der Waals surface area contributed by atoms with E-state index in [4.69, 9.17) is 5.73 Å². The molecule has 0 aliphatic carbocycles. The van der Waals surface area contributed by atoms with Crippen molar-refractivity contribution in [3.05, 3.63) is 26.2 Å². The molecular formula is C11H8BrIN6S. The summed E-state index contributed by atoms with van der Waals surface area (Å²) in [5, 5.41) is 4.96. The molecule has 20 heavy (non-hydrogen) atoms. The molecule has 0 saturated carbocycles. The van der Waals surface area contributed by atoms with Crippen LogP contribution in [0, 0.1) is 3.57 Å². The molecule has 9 heteroatoms. The fourth-order valence-electron chi connectivity index (χ4n) is 1.66. The molecule has 6 nitrogen and oxygen atoms in total. The van der Waals surface area contributed by atoms with Crippen molar-refractivity contribution in [2.24, 2.45) is 0 Å². The molecule has 2 aromatic heterocycles. The van der Waals surface area contributed by atoms with Crippen LogP contribution < -0.4 is 5.73 Å². The largest absolute Gasteiger partial charge is 0.368 e. The summed E-state index contributed by atoms with van der Waals surface area (Å²) in [6, 6.07) is 5.94. The van der Waals surface area contributed by atoms with Gasteiger partial charge in [0.05, 0.1) is 0 Å². The highest BCUT2D eigenvalue weighted by atomic mass is 127. The second kappa shape index (κ2) is 5.45. The monoisotopic (exact) mass is 462 g/mol. The lowest BCUT2D eigenvalue weighted by Gasteiger charge is -1.99. The topological polar surface area (TPSA) is 82.0 Å². The number of nitrogen functional groups attached to an aromatic ring is 1. The van der Waals surface area contributed by atoms with Gasteiger partial charge in [-0.15, -0.1) is 5.10 Å². The predicted molar refractivity (Wildman–Crippen MR) is 90.6 cm³/mol. The first-order chi connectivity index (χ1) is 9.58. The Bertz CT molecular complexity index is 805. The molecule has 0 saturated heterocycles. The second-order valence-corrected chi connectivity index (χ2v) is 6.69. The Morgan fingerprint density at radius 1 is 1.30 bits per heavy atom.